The highest BCUT2D eigenvalue weighted by molar-refractivity contribution is 6.43. The van der Waals surface area contributed by atoms with Crippen molar-refractivity contribution in [3.8, 4) is 5.75 Å². The zero-order chi connectivity index (χ0) is 21.0. The van der Waals surface area contributed by atoms with E-state index in [1.807, 2.05) is 6.07 Å². The van der Waals surface area contributed by atoms with Gasteiger partial charge in [0.15, 0.2) is 0 Å². The van der Waals surface area contributed by atoms with E-state index >= 15 is 0 Å². The van der Waals surface area contributed by atoms with Gasteiger partial charge in [-0.1, -0.05) is 48.7 Å². The number of carboxylic acid groups (broad SMARTS) is 1. The minimum Gasteiger partial charge on any atom is -0.488 e. The van der Waals surface area contributed by atoms with Gasteiger partial charge < -0.3 is 14.6 Å². The van der Waals surface area contributed by atoms with E-state index in [-0.39, 0.29) is 31.5 Å². The molecule has 158 valence electrons. The molecule has 0 spiro atoms. The number of carboxylic acids is 1. The summed E-state index contributed by atoms with van der Waals surface area (Å²) in [5, 5.41) is 9.51. The number of aliphatic carboxylic acids is 1. The summed E-state index contributed by atoms with van der Waals surface area (Å²) in [7, 11) is 0. The molecule has 2 aliphatic rings. The van der Waals surface area contributed by atoms with Crippen LogP contribution in [0.3, 0.4) is 0 Å². The van der Waals surface area contributed by atoms with Gasteiger partial charge in [-0.2, -0.15) is 0 Å². The monoisotopic (exact) mass is 440 g/mol. The first-order valence-corrected chi connectivity index (χ1v) is 10.8. The van der Waals surface area contributed by atoms with E-state index in [1.54, 1.807) is 0 Å². The molecule has 1 aromatic carbocycles. The molecule has 0 radical (unpaired) electrons. The third-order valence-electron chi connectivity index (χ3n) is 5.84. The van der Waals surface area contributed by atoms with Crippen molar-refractivity contribution in [1.29, 1.82) is 0 Å². The van der Waals surface area contributed by atoms with Crippen molar-refractivity contribution in [2.45, 2.75) is 57.8 Å². The number of hydrogen-bond donors (Lipinski definition) is 1. The van der Waals surface area contributed by atoms with Gasteiger partial charge in [0.05, 0.1) is 17.9 Å². The average molecular weight is 441 g/mol. The zero-order valence-electron chi connectivity index (χ0n) is 16.5. The fourth-order valence-electron chi connectivity index (χ4n) is 4.65. The lowest BCUT2D eigenvalue weighted by Crippen LogP contribution is -2.27. The van der Waals surface area contributed by atoms with E-state index in [4.69, 9.17) is 37.8 Å². The molecule has 5 nitrogen and oxygen atoms in total. The van der Waals surface area contributed by atoms with Crippen LogP contribution < -0.4 is 4.74 Å². The van der Waals surface area contributed by atoms with Crippen LogP contribution in [-0.4, -0.2) is 30.3 Å². The van der Waals surface area contributed by atoms with Gasteiger partial charge in [0, 0.05) is 5.92 Å². The van der Waals surface area contributed by atoms with Crippen LogP contribution in [0, 0.1) is 5.41 Å². The third-order valence-corrected chi connectivity index (χ3v) is 6.71. The van der Waals surface area contributed by atoms with E-state index in [0.29, 0.717) is 21.7 Å². The summed E-state index contributed by atoms with van der Waals surface area (Å²) in [5.74, 6) is -0.813. The average Bonchev–Trinajstić information content (AvgIpc) is 3.01. The fraction of sp³-hybridized carbons (Fsp3) is 0.545. The minimum absolute atomic E-state index is 0.0224. The van der Waals surface area contributed by atoms with Crippen molar-refractivity contribution >= 4 is 35.1 Å². The molecule has 7 heteroatoms. The number of ether oxygens (including phenoxy) is 2. The predicted molar refractivity (Wildman–Crippen MR) is 112 cm³/mol. The summed E-state index contributed by atoms with van der Waals surface area (Å²) in [4.78, 5) is 22.0. The topological polar surface area (TPSA) is 72.8 Å². The fourth-order valence-corrected chi connectivity index (χ4v) is 5.20. The smallest absolute Gasteiger partial charge is 0.306 e. The molecule has 0 aromatic heterocycles. The Morgan fingerprint density at radius 1 is 1.24 bits per heavy atom. The Morgan fingerprint density at radius 3 is 2.76 bits per heavy atom. The van der Waals surface area contributed by atoms with Crippen molar-refractivity contribution in [3.05, 3.63) is 39.4 Å². The number of benzene rings is 1. The normalized spacial score (nSPS) is 22.1. The van der Waals surface area contributed by atoms with Crippen LogP contribution in [0.4, 0.5) is 0 Å². The lowest BCUT2D eigenvalue weighted by molar-refractivity contribution is -0.148. The summed E-state index contributed by atoms with van der Waals surface area (Å²) < 4.78 is 10.7. The van der Waals surface area contributed by atoms with Gasteiger partial charge in [-0.3, -0.25) is 9.59 Å². The van der Waals surface area contributed by atoms with Crippen LogP contribution in [0.25, 0.3) is 0 Å². The van der Waals surface area contributed by atoms with Crippen molar-refractivity contribution in [2.24, 2.45) is 5.41 Å². The van der Waals surface area contributed by atoms with E-state index in [2.05, 4.69) is 19.1 Å². The Kier molecular flexibility index (Phi) is 7.12. The highest BCUT2D eigenvalue weighted by atomic mass is 35.5. The first kappa shape index (κ1) is 22.0. The number of esters is 1. The molecule has 3 rings (SSSR count). The van der Waals surface area contributed by atoms with Gasteiger partial charge in [0.2, 0.25) is 0 Å². The van der Waals surface area contributed by atoms with Crippen LogP contribution in [-0.2, 0) is 20.7 Å². The quantitative estimate of drug-likeness (QED) is 0.309. The minimum atomic E-state index is -1.03. The molecule has 0 aliphatic heterocycles. The molecule has 1 N–H and O–H groups in total. The van der Waals surface area contributed by atoms with Gasteiger partial charge in [-0.05, 0) is 48.3 Å². The Hall–Kier alpha value is -1.72. The van der Waals surface area contributed by atoms with Gasteiger partial charge in [0.1, 0.15) is 24.0 Å². The van der Waals surface area contributed by atoms with Crippen molar-refractivity contribution in [1.82, 2.24) is 0 Å². The molecule has 2 atom stereocenters. The second-order valence-electron chi connectivity index (χ2n) is 7.77. The van der Waals surface area contributed by atoms with Crippen LogP contribution in [0.2, 0.25) is 10.0 Å². The Labute approximate surface area is 181 Å². The van der Waals surface area contributed by atoms with E-state index in [9.17, 15) is 9.59 Å². The van der Waals surface area contributed by atoms with E-state index in [0.717, 1.165) is 37.7 Å². The molecule has 1 aromatic rings. The van der Waals surface area contributed by atoms with E-state index < -0.39 is 11.9 Å². The van der Waals surface area contributed by atoms with Crippen molar-refractivity contribution in [2.75, 3.05) is 13.2 Å². The molecule has 2 aliphatic carbocycles. The second kappa shape index (κ2) is 9.40. The van der Waals surface area contributed by atoms with Gasteiger partial charge in [0.25, 0.3) is 0 Å². The van der Waals surface area contributed by atoms with Crippen LogP contribution >= 0.6 is 23.2 Å². The lowest BCUT2D eigenvalue weighted by Gasteiger charge is -2.37. The molecule has 29 heavy (non-hydrogen) atoms. The first-order valence-electron chi connectivity index (χ1n) is 10.1. The van der Waals surface area contributed by atoms with Gasteiger partial charge in [-0.25, -0.2) is 0 Å². The largest absolute Gasteiger partial charge is 0.488 e. The number of halogens is 2. The van der Waals surface area contributed by atoms with Crippen molar-refractivity contribution < 1.29 is 24.2 Å². The molecule has 0 saturated carbocycles. The highest BCUT2D eigenvalue weighted by Crippen LogP contribution is 2.59. The maximum Gasteiger partial charge on any atom is 0.306 e. The Morgan fingerprint density at radius 2 is 2.03 bits per heavy atom. The molecule has 0 saturated heterocycles. The van der Waals surface area contributed by atoms with Crippen LogP contribution in [0.15, 0.2) is 18.2 Å². The molecule has 0 amide bonds. The van der Waals surface area contributed by atoms with Crippen molar-refractivity contribution in [3.63, 3.8) is 0 Å². The molecule has 0 fully saturated rings. The van der Waals surface area contributed by atoms with Gasteiger partial charge in [-0.15, -0.1) is 0 Å². The Bertz CT molecular complexity index is 820. The summed E-state index contributed by atoms with van der Waals surface area (Å²) in [5.41, 5.74) is 2.50. The maximum absolute atomic E-state index is 11.5. The third kappa shape index (κ3) is 4.72. The summed E-state index contributed by atoms with van der Waals surface area (Å²) in [6.07, 6.45) is 9.58. The number of rotatable bonds is 9. The SMILES string of the molecule is CCCC12CCC=CC1c1c(cc(OCCOC(=O)CCC(=O)O)c(Cl)c1Cl)C2. The number of fused-ring (bicyclic) bond motifs is 3. The zero-order valence-corrected chi connectivity index (χ0v) is 18.0. The lowest BCUT2D eigenvalue weighted by atomic mass is 9.67. The molecule has 2 unspecified atom stereocenters. The molecule has 0 bridgehead atoms. The summed E-state index contributed by atoms with van der Waals surface area (Å²) in [6, 6.07) is 1.97. The molecular formula is C22H26Cl2O5. The first-order chi connectivity index (χ1) is 13.9. The summed E-state index contributed by atoms with van der Waals surface area (Å²) >= 11 is 13.2. The molecular weight excluding hydrogens is 415 g/mol. The second-order valence-corrected chi connectivity index (χ2v) is 8.53. The maximum atomic E-state index is 11.5. The number of carbonyl (C=O) groups is 2. The van der Waals surface area contributed by atoms with Crippen LogP contribution in [0.5, 0.6) is 5.75 Å². The predicted octanol–water partition coefficient (Wildman–Crippen LogP) is 5.56. The molecule has 0 heterocycles. The number of hydrogen-bond acceptors (Lipinski definition) is 4. The highest BCUT2D eigenvalue weighted by Gasteiger charge is 2.46. The Balaban J connectivity index is 1.67. The number of carbonyl (C=O) groups excluding carboxylic acids is 1. The van der Waals surface area contributed by atoms with E-state index in [1.165, 1.54) is 5.56 Å². The van der Waals surface area contributed by atoms with Crippen LogP contribution in [0.1, 0.15) is 62.5 Å². The standard InChI is InChI=1S/C22H26Cl2O5/c1-2-8-22-9-4-3-5-15(22)19-14(13-22)12-16(20(23)21(19)24)28-10-11-29-18(27)7-6-17(25)26/h3,5,12,15H,2,4,6-11,13H2,1H3,(H,25,26). The number of allylic oxidation sites excluding steroid dienone is 2. The van der Waals surface area contributed by atoms with Gasteiger partial charge >= 0.3 is 11.9 Å². The summed E-state index contributed by atoms with van der Waals surface area (Å²) in [6.45, 7) is 2.36.